The van der Waals surface area contributed by atoms with Gasteiger partial charge in [-0.1, -0.05) is 39.3 Å². The molecule has 1 aromatic heterocycles. The van der Waals surface area contributed by atoms with Crippen molar-refractivity contribution >= 4 is 23.5 Å². The number of nitrogen functional groups attached to an aromatic ring is 1. The maximum atomic E-state index is 12.6. The lowest BCUT2D eigenvalue weighted by atomic mass is 9.49. The SMILES string of the molecule is CC1(C)[C@H](NC(=O)c2cnc(N)nc2)C(C)(C)[C@H]1Oc1ccc(C#N)c(Cl)c1. The molecule has 0 aliphatic heterocycles. The minimum Gasteiger partial charge on any atom is -0.489 e. The number of nitrogens with zero attached hydrogens (tertiary/aromatic N) is 3. The van der Waals surface area contributed by atoms with E-state index in [0.29, 0.717) is 21.9 Å². The number of hydrogen-bond donors (Lipinski definition) is 2. The molecule has 28 heavy (non-hydrogen) atoms. The second kappa shape index (κ2) is 6.95. The van der Waals surface area contributed by atoms with Crippen LogP contribution in [0.5, 0.6) is 5.75 Å². The van der Waals surface area contributed by atoms with Gasteiger partial charge in [0.25, 0.3) is 5.91 Å². The number of aromatic nitrogens is 2. The Morgan fingerprint density at radius 3 is 2.39 bits per heavy atom. The number of nitriles is 1. The van der Waals surface area contributed by atoms with Crippen molar-refractivity contribution in [2.24, 2.45) is 10.8 Å². The number of rotatable bonds is 4. The van der Waals surface area contributed by atoms with E-state index in [1.165, 1.54) is 12.4 Å². The van der Waals surface area contributed by atoms with Gasteiger partial charge in [-0.05, 0) is 12.1 Å². The summed E-state index contributed by atoms with van der Waals surface area (Å²) >= 11 is 6.11. The molecule has 1 aromatic carbocycles. The van der Waals surface area contributed by atoms with Crippen molar-refractivity contribution in [1.29, 1.82) is 5.26 Å². The fourth-order valence-electron chi connectivity index (χ4n) is 4.27. The molecule has 0 unspecified atom stereocenters. The molecular weight excluding hydrogens is 378 g/mol. The van der Waals surface area contributed by atoms with E-state index in [1.54, 1.807) is 18.2 Å². The van der Waals surface area contributed by atoms with Gasteiger partial charge in [0.1, 0.15) is 17.9 Å². The highest BCUT2D eigenvalue weighted by molar-refractivity contribution is 6.31. The van der Waals surface area contributed by atoms with Crippen molar-refractivity contribution in [3.8, 4) is 11.8 Å². The van der Waals surface area contributed by atoms with Gasteiger partial charge in [0.05, 0.1) is 16.1 Å². The number of amides is 1. The van der Waals surface area contributed by atoms with Crippen LogP contribution in [0.15, 0.2) is 30.6 Å². The van der Waals surface area contributed by atoms with Crippen molar-refractivity contribution in [1.82, 2.24) is 15.3 Å². The lowest BCUT2D eigenvalue weighted by Crippen LogP contribution is -2.74. The number of anilines is 1. The van der Waals surface area contributed by atoms with Crippen LogP contribution in [0, 0.1) is 22.2 Å². The van der Waals surface area contributed by atoms with Gasteiger partial charge in [0.15, 0.2) is 0 Å². The Bertz CT molecular complexity index is 934. The van der Waals surface area contributed by atoms with Crippen LogP contribution in [0.3, 0.4) is 0 Å². The van der Waals surface area contributed by atoms with Crippen molar-refractivity contribution in [3.63, 3.8) is 0 Å². The minimum atomic E-state index is -0.339. The predicted molar refractivity (Wildman–Crippen MR) is 106 cm³/mol. The van der Waals surface area contributed by atoms with E-state index >= 15 is 0 Å². The fraction of sp³-hybridized carbons (Fsp3) is 0.400. The zero-order chi connectivity index (χ0) is 20.7. The Morgan fingerprint density at radius 2 is 1.86 bits per heavy atom. The molecule has 0 atom stereocenters. The summed E-state index contributed by atoms with van der Waals surface area (Å²) in [5.41, 5.74) is 5.55. The number of carbonyl (C=O) groups excluding carboxylic acids is 1. The molecule has 2 aromatic rings. The first-order valence-electron chi connectivity index (χ1n) is 8.82. The highest BCUT2D eigenvalue weighted by atomic mass is 35.5. The third-order valence-corrected chi connectivity index (χ3v) is 5.68. The van der Waals surface area contributed by atoms with Crippen LogP contribution in [0.4, 0.5) is 5.95 Å². The minimum absolute atomic E-state index is 0.121. The summed E-state index contributed by atoms with van der Waals surface area (Å²) in [6.07, 6.45) is 2.64. The average molecular weight is 400 g/mol. The number of nitrogens with one attached hydrogen (secondary N) is 1. The van der Waals surface area contributed by atoms with Gasteiger partial charge in [-0.3, -0.25) is 4.79 Å². The molecule has 1 amide bonds. The number of ether oxygens (including phenoxy) is 1. The first-order chi connectivity index (χ1) is 13.1. The Hall–Kier alpha value is -2.85. The van der Waals surface area contributed by atoms with Crippen LogP contribution in [0.25, 0.3) is 0 Å². The number of benzene rings is 1. The van der Waals surface area contributed by atoms with E-state index in [9.17, 15) is 4.79 Å². The maximum absolute atomic E-state index is 12.6. The average Bonchev–Trinajstić information content (AvgIpc) is 2.64. The molecule has 8 heteroatoms. The smallest absolute Gasteiger partial charge is 0.254 e. The highest BCUT2D eigenvalue weighted by Gasteiger charge is 2.64. The Labute approximate surface area is 168 Å². The van der Waals surface area contributed by atoms with Crippen LogP contribution in [0.1, 0.15) is 43.6 Å². The normalized spacial score (nSPS) is 21.9. The van der Waals surface area contributed by atoms with Gasteiger partial charge in [0, 0.05) is 35.3 Å². The second-order valence-electron chi connectivity index (χ2n) is 8.13. The van der Waals surface area contributed by atoms with Crippen molar-refractivity contribution in [2.45, 2.75) is 39.8 Å². The molecule has 0 saturated heterocycles. The van der Waals surface area contributed by atoms with Crippen LogP contribution < -0.4 is 15.8 Å². The monoisotopic (exact) mass is 399 g/mol. The van der Waals surface area contributed by atoms with Gasteiger partial charge >= 0.3 is 0 Å². The number of nitrogens with two attached hydrogens (primary N) is 1. The van der Waals surface area contributed by atoms with E-state index in [0.717, 1.165) is 0 Å². The Balaban J connectivity index is 1.76. The van der Waals surface area contributed by atoms with E-state index < -0.39 is 0 Å². The quantitative estimate of drug-likeness (QED) is 0.815. The summed E-state index contributed by atoms with van der Waals surface area (Å²) in [5.74, 6) is 0.452. The lowest BCUT2D eigenvalue weighted by molar-refractivity contribution is -0.164. The first kappa shape index (κ1) is 19.9. The molecule has 1 fully saturated rings. The summed E-state index contributed by atoms with van der Waals surface area (Å²) in [6.45, 7) is 8.16. The standard InChI is InChI=1S/C20H22ClN5O2/c1-19(2)16(26-15(27)12-9-24-18(23)25-10-12)20(3,4)17(19)28-13-6-5-11(8-22)14(21)7-13/h5-7,9-10,16-17H,1-4H3,(H,26,27)(H2,23,24,25)/t16-,17-. The topological polar surface area (TPSA) is 114 Å². The van der Waals surface area contributed by atoms with E-state index in [4.69, 9.17) is 27.3 Å². The van der Waals surface area contributed by atoms with Gasteiger partial charge in [-0.2, -0.15) is 5.26 Å². The highest BCUT2D eigenvalue weighted by Crippen LogP contribution is 2.55. The summed E-state index contributed by atoms with van der Waals surface area (Å²) in [4.78, 5) is 20.3. The molecule has 1 aliphatic rings. The molecule has 146 valence electrons. The van der Waals surface area contributed by atoms with Gasteiger partial charge < -0.3 is 15.8 Å². The summed E-state index contributed by atoms with van der Waals surface area (Å²) in [7, 11) is 0. The molecule has 0 radical (unpaired) electrons. The van der Waals surface area contributed by atoms with Crippen molar-refractivity contribution in [3.05, 3.63) is 46.7 Å². The molecule has 1 heterocycles. The molecule has 1 aliphatic carbocycles. The number of halogens is 1. The molecule has 7 nitrogen and oxygen atoms in total. The molecular formula is C20H22ClN5O2. The summed E-state index contributed by atoms with van der Waals surface area (Å²) in [5, 5.41) is 12.4. The maximum Gasteiger partial charge on any atom is 0.254 e. The fourth-order valence-corrected chi connectivity index (χ4v) is 4.48. The molecule has 0 spiro atoms. The van der Waals surface area contributed by atoms with E-state index in [2.05, 4.69) is 15.3 Å². The zero-order valence-corrected chi connectivity index (χ0v) is 16.9. The van der Waals surface area contributed by atoms with Gasteiger partial charge in [-0.15, -0.1) is 0 Å². The Kier molecular flexibility index (Phi) is 4.94. The third-order valence-electron chi connectivity index (χ3n) is 5.36. The van der Waals surface area contributed by atoms with E-state index in [1.807, 2.05) is 33.8 Å². The lowest BCUT2D eigenvalue weighted by Gasteiger charge is -2.63. The van der Waals surface area contributed by atoms with Crippen LogP contribution in [-0.2, 0) is 0 Å². The summed E-state index contributed by atoms with van der Waals surface area (Å²) in [6, 6.07) is 6.90. The van der Waals surface area contributed by atoms with Crippen LogP contribution in [-0.4, -0.2) is 28.0 Å². The second-order valence-corrected chi connectivity index (χ2v) is 8.54. The van der Waals surface area contributed by atoms with Gasteiger partial charge in [-0.25, -0.2) is 9.97 Å². The van der Waals surface area contributed by atoms with Gasteiger partial charge in [0.2, 0.25) is 5.95 Å². The van der Waals surface area contributed by atoms with Crippen molar-refractivity contribution < 1.29 is 9.53 Å². The van der Waals surface area contributed by atoms with E-state index in [-0.39, 0.29) is 34.8 Å². The molecule has 1 saturated carbocycles. The zero-order valence-electron chi connectivity index (χ0n) is 16.2. The van der Waals surface area contributed by atoms with Crippen molar-refractivity contribution in [2.75, 3.05) is 5.73 Å². The van der Waals surface area contributed by atoms with Crippen LogP contribution >= 0.6 is 11.6 Å². The first-order valence-corrected chi connectivity index (χ1v) is 9.20. The van der Waals surface area contributed by atoms with Crippen LogP contribution in [0.2, 0.25) is 5.02 Å². The molecule has 3 rings (SSSR count). The number of carbonyl (C=O) groups is 1. The third kappa shape index (κ3) is 3.36. The predicted octanol–water partition coefficient (Wildman–Crippen LogP) is 3.20. The largest absolute Gasteiger partial charge is 0.489 e. The Morgan fingerprint density at radius 1 is 1.25 bits per heavy atom. The molecule has 3 N–H and O–H groups in total. The molecule has 0 bridgehead atoms. The number of hydrogen-bond acceptors (Lipinski definition) is 6. The summed E-state index contributed by atoms with van der Waals surface area (Å²) < 4.78 is 6.21.